The molecule has 0 aliphatic rings. The van der Waals surface area contributed by atoms with E-state index < -0.39 is 5.82 Å². The summed E-state index contributed by atoms with van der Waals surface area (Å²) in [6.45, 7) is 1.80. The molecule has 0 spiro atoms. The van der Waals surface area contributed by atoms with E-state index in [0.29, 0.717) is 22.4 Å². The summed E-state index contributed by atoms with van der Waals surface area (Å²) >= 11 is 5.95. The van der Waals surface area contributed by atoms with Gasteiger partial charge in [-0.3, -0.25) is 0 Å². The van der Waals surface area contributed by atoms with Crippen molar-refractivity contribution in [2.75, 3.05) is 5.73 Å². The lowest BCUT2D eigenvalue weighted by atomic mass is 10.1. The summed E-state index contributed by atoms with van der Waals surface area (Å²) in [5, 5.41) is 0.310. The molecule has 0 bridgehead atoms. The van der Waals surface area contributed by atoms with E-state index in [-0.39, 0.29) is 5.56 Å². The Balaban J connectivity index is 2.72. The second kappa shape index (κ2) is 3.79. The van der Waals surface area contributed by atoms with Gasteiger partial charge in [-0.05, 0) is 19.1 Å². The van der Waals surface area contributed by atoms with Gasteiger partial charge in [0.2, 0.25) is 0 Å². The second-order valence-corrected chi connectivity index (χ2v) is 3.96. The van der Waals surface area contributed by atoms with Crippen molar-refractivity contribution in [3.8, 4) is 11.3 Å². The highest BCUT2D eigenvalue weighted by atomic mass is 35.5. The molecule has 1 aromatic carbocycles. The topological polar surface area (TPSA) is 43.8 Å². The third kappa shape index (κ3) is 1.55. The molecular formula is C11H11ClFN3. The number of rotatable bonds is 1. The molecule has 0 fully saturated rings. The molecule has 0 aliphatic heterocycles. The highest BCUT2D eigenvalue weighted by Crippen LogP contribution is 2.33. The maximum atomic E-state index is 13.7. The summed E-state index contributed by atoms with van der Waals surface area (Å²) in [5.74, 6) is 0.702. The molecule has 1 aromatic heterocycles. The quantitative estimate of drug-likeness (QED) is 0.832. The van der Waals surface area contributed by atoms with Gasteiger partial charge >= 0.3 is 0 Å². The van der Waals surface area contributed by atoms with E-state index in [4.69, 9.17) is 17.3 Å². The normalized spacial score (nSPS) is 10.8. The number of aryl methyl sites for hydroxylation is 1. The van der Waals surface area contributed by atoms with Crippen LogP contribution in [-0.4, -0.2) is 9.55 Å². The van der Waals surface area contributed by atoms with Crippen LogP contribution in [0.1, 0.15) is 5.82 Å². The predicted molar refractivity (Wildman–Crippen MR) is 62.8 cm³/mol. The molecule has 0 saturated heterocycles. The van der Waals surface area contributed by atoms with Crippen LogP contribution in [0.15, 0.2) is 18.2 Å². The van der Waals surface area contributed by atoms with Gasteiger partial charge in [-0.15, -0.1) is 0 Å². The number of nitrogen functional groups attached to an aromatic ring is 1. The van der Waals surface area contributed by atoms with Crippen LogP contribution in [0.3, 0.4) is 0 Å². The third-order valence-corrected chi connectivity index (χ3v) is 2.88. The van der Waals surface area contributed by atoms with Crippen LogP contribution < -0.4 is 5.73 Å². The Kier molecular flexibility index (Phi) is 2.59. The molecule has 0 radical (unpaired) electrons. The van der Waals surface area contributed by atoms with E-state index in [0.717, 1.165) is 0 Å². The number of nitrogens with two attached hydrogens (primary N) is 1. The van der Waals surface area contributed by atoms with E-state index in [1.54, 1.807) is 30.7 Å². The number of nitrogens with zero attached hydrogens (tertiary/aromatic N) is 2. The molecule has 0 unspecified atom stereocenters. The van der Waals surface area contributed by atoms with Gasteiger partial charge in [0.1, 0.15) is 23.2 Å². The second-order valence-electron chi connectivity index (χ2n) is 3.55. The van der Waals surface area contributed by atoms with Crippen molar-refractivity contribution in [2.45, 2.75) is 6.92 Å². The van der Waals surface area contributed by atoms with Crippen molar-refractivity contribution in [3.05, 3.63) is 34.9 Å². The van der Waals surface area contributed by atoms with Crippen LogP contribution in [0.2, 0.25) is 5.02 Å². The van der Waals surface area contributed by atoms with Crippen molar-refractivity contribution in [1.29, 1.82) is 0 Å². The number of hydrogen-bond acceptors (Lipinski definition) is 2. The van der Waals surface area contributed by atoms with Gasteiger partial charge in [0.05, 0.1) is 10.6 Å². The van der Waals surface area contributed by atoms with Crippen molar-refractivity contribution in [2.24, 2.45) is 7.05 Å². The average molecular weight is 240 g/mol. The number of benzene rings is 1. The molecule has 3 nitrogen and oxygen atoms in total. The van der Waals surface area contributed by atoms with Gasteiger partial charge in [-0.2, -0.15) is 0 Å². The molecule has 2 aromatic rings. The molecule has 0 atom stereocenters. The van der Waals surface area contributed by atoms with Crippen LogP contribution in [0, 0.1) is 12.7 Å². The molecule has 0 saturated carbocycles. The van der Waals surface area contributed by atoms with Gasteiger partial charge in [0.25, 0.3) is 0 Å². The summed E-state index contributed by atoms with van der Waals surface area (Å²) in [7, 11) is 1.77. The van der Waals surface area contributed by atoms with Crippen LogP contribution in [0.4, 0.5) is 10.2 Å². The highest BCUT2D eigenvalue weighted by Gasteiger charge is 2.17. The molecule has 5 heteroatoms. The van der Waals surface area contributed by atoms with Gasteiger partial charge in [-0.1, -0.05) is 17.7 Å². The first-order valence-corrected chi connectivity index (χ1v) is 5.13. The lowest BCUT2D eigenvalue weighted by Crippen LogP contribution is -1.98. The molecule has 2 rings (SSSR count). The SMILES string of the molecule is Cc1nc(-c2c(F)cccc2Cl)c(N)n1C. The van der Waals surface area contributed by atoms with E-state index in [1.807, 2.05) is 0 Å². The summed E-state index contributed by atoms with van der Waals surface area (Å²) in [4.78, 5) is 4.22. The van der Waals surface area contributed by atoms with Crippen LogP contribution in [0.25, 0.3) is 11.3 Å². The zero-order valence-corrected chi connectivity index (χ0v) is 9.72. The fourth-order valence-electron chi connectivity index (χ4n) is 1.54. The number of imidazole rings is 1. The number of halogens is 2. The molecule has 0 amide bonds. The van der Waals surface area contributed by atoms with E-state index in [1.165, 1.54) is 6.07 Å². The zero-order chi connectivity index (χ0) is 11.9. The highest BCUT2D eigenvalue weighted by molar-refractivity contribution is 6.33. The first-order valence-electron chi connectivity index (χ1n) is 4.75. The van der Waals surface area contributed by atoms with Crippen LogP contribution >= 0.6 is 11.6 Å². The molecular weight excluding hydrogens is 229 g/mol. The Morgan fingerprint density at radius 1 is 1.44 bits per heavy atom. The van der Waals surface area contributed by atoms with Gasteiger partial charge in [-0.25, -0.2) is 9.37 Å². The Morgan fingerprint density at radius 2 is 2.12 bits per heavy atom. The fraction of sp³-hybridized carbons (Fsp3) is 0.182. The number of hydrogen-bond donors (Lipinski definition) is 1. The maximum absolute atomic E-state index is 13.7. The summed E-state index contributed by atoms with van der Waals surface area (Å²) < 4.78 is 15.4. The molecule has 0 aliphatic carbocycles. The standard InChI is InChI=1S/C11H11ClFN3/c1-6-15-10(11(14)16(6)2)9-7(12)4-3-5-8(9)13/h3-5H,14H2,1-2H3. The zero-order valence-electron chi connectivity index (χ0n) is 8.96. The summed E-state index contributed by atoms with van der Waals surface area (Å²) in [5.41, 5.74) is 6.50. The molecule has 1 heterocycles. The van der Waals surface area contributed by atoms with Crippen molar-refractivity contribution in [3.63, 3.8) is 0 Å². The lowest BCUT2D eigenvalue weighted by molar-refractivity contribution is 0.631. The van der Waals surface area contributed by atoms with E-state index in [2.05, 4.69) is 4.98 Å². The number of anilines is 1. The summed E-state index contributed by atoms with van der Waals surface area (Å²) in [6, 6.07) is 4.50. The van der Waals surface area contributed by atoms with Crippen molar-refractivity contribution < 1.29 is 4.39 Å². The third-order valence-electron chi connectivity index (χ3n) is 2.56. The minimum atomic E-state index is -0.419. The monoisotopic (exact) mass is 239 g/mol. The van der Waals surface area contributed by atoms with Crippen LogP contribution in [0.5, 0.6) is 0 Å². The smallest absolute Gasteiger partial charge is 0.134 e. The first kappa shape index (κ1) is 11.0. The molecule has 16 heavy (non-hydrogen) atoms. The van der Waals surface area contributed by atoms with Gasteiger partial charge < -0.3 is 10.3 Å². The minimum Gasteiger partial charge on any atom is -0.383 e. The Labute approximate surface area is 97.7 Å². The Bertz CT molecular complexity index is 528. The van der Waals surface area contributed by atoms with Crippen molar-refractivity contribution in [1.82, 2.24) is 9.55 Å². The minimum absolute atomic E-state index is 0.255. The largest absolute Gasteiger partial charge is 0.383 e. The summed E-state index contributed by atoms with van der Waals surface area (Å²) in [6.07, 6.45) is 0. The van der Waals surface area contributed by atoms with Crippen LogP contribution in [-0.2, 0) is 7.05 Å². The first-order chi connectivity index (χ1) is 7.52. The van der Waals surface area contributed by atoms with Gasteiger partial charge in [0, 0.05) is 7.05 Å². The van der Waals surface area contributed by atoms with Gasteiger partial charge in [0.15, 0.2) is 0 Å². The maximum Gasteiger partial charge on any atom is 0.134 e. The number of aromatic nitrogens is 2. The predicted octanol–water partition coefficient (Wildman–Crippen LogP) is 2.77. The Morgan fingerprint density at radius 3 is 2.62 bits per heavy atom. The Hall–Kier alpha value is -1.55. The fourth-order valence-corrected chi connectivity index (χ4v) is 1.79. The van der Waals surface area contributed by atoms with E-state index >= 15 is 0 Å². The molecule has 2 N–H and O–H groups in total. The van der Waals surface area contributed by atoms with Crippen molar-refractivity contribution >= 4 is 17.4 Å². The average Bonchev–Trinajstić information content (AvgIpc) is 2.47. The molecule has 84 valence electrons. The van der Waals surface area contributed by atoms with E-state index in [9.17, 15) is 4.39 Å². The lowest BCUT2D eigenvalue weighted by Gasteiger charge is -2.04.